The number of carbonyl (C=O) groups excluding carboxylic acids is 1. The van der Waals surface area contributed by atoms with E-state index in [4.69, 9.17) is 4.74 Å². The topological polar surface area (TPSA) is 58.6 Å². The van der Waals surface area contributed by atoms with E-state index in [0.717, 1.165) is 11.1 Å². The molecule has 0 aromatic heterocycles. The fourth-order valence-corrected chi connectivity index (χ4v) is 2.30. The second-order valence-corrected chi connectivity index (χ2v) is 5.25. The molecule has 2 rings (SSSR count). The summed E-state index contributed by atoms with van der Waals surface area (Å²) in [5.41, 5.74) is 1.19. The first kappa shape index (κ1) is 14.0. The first-order valence-corrected chi connectivity index (χ1v) is 6.66. The number of aryl methyl sites for hydroxylation is 1. The van der Waals surface area contributed by atoms with Crippen molar-refractivity contribution in [1.29, 1.82) is 0 Å². The van der Waals surface area contributed by atoms with Gasteiger partial charge in [-0.3, -0.25) is 4.79 Å². The van der Waals surface area contributed by atoms with Crippen LogP contribution in [0.1, 0.15) is 24.5 Å². The Bertz CT molecular complexity index is 460. The van der Waals surface area contributed by atoms with E-state index in [1.807, 2.05) is 38.1 Å². The molecule has 0 saturated carbocycles. The minimum Gasteiger partial charge on any atom is -0.385 e. The van der Waals surface area contributed by atoms with E-state index in [1.165, 1.54) is 0 Å². The van der Waals surface area contributed by atoms with Crippen LogP contribution in [-0.2, 0) is 16.0 Å². The van der Waals surface area contributed by atoms with E-state index < -0.39 is 5.60 Å². The maximum Gasteiger partial charge on any atom is 0.224 e. The molecule has 1 aliphatic heterocycles. The molecule has 1 aromatic carbocycles. The van der Waals surface area contributed by atoms with E-state index in [0.29, 0.717) is 19.4 Å². The SMILES string of the molecule is Cc1ccccc1CC(=O)NCC1(O)CCOC1C. The number of aliphatic hydroxyl groups is 1. The minimum atomic E-state index is -0.929. The molecule has 2 unspecified atom stereocenters. The molecular formula is C15H21NO3. The van der Waals surface area contributed by atoms with Crippen molar-refractivity contribution in [2.24, 2.45) is 0 Å². The molecule has 104 valence electrons. The van der Waals surface area contributed by atoms with Gasteiger partial charge < -0.3 is 15.2 Å². The van der Waals surface area contributed by atoms with Crippen molar-refractivity contribution in [2.45, 2.75) is 38.4 Å². The zero-order valence-corrected chi connectivity index (χ0v) is 11.5. The smallest absolute Gasteiger partial charge is 0.224 e. The molecule has 1 aromatic rings. The Hall–Kier alpha value is -1.39. The van der Waals surface area contributed by atoms with E-state index in [9.17, 15) is 9.90 Å². The molecule has 1 amide bonds. The third kappa shape index (κ3) is 3.33. The van der Waals surface area contributed by atoms with Crippen molar-refractivity contribution < 1.29 is 14.6 Å². The maximum atomic E-state index is 11.9. The summed E-state index contributed by atoms with van der Waals surface area (Å²) < 4.78 is 5.34. The number of nitrogens with one attached hydrogen (secondary N) is 1. The number of ether oxygens (including phenoxy) is 1. The van der Waals surface area contributed by atoms with Gasteiger partial charge in [-0.1, -0.05) is 24.3 Å². The molecule has 0 bridgehead atoms. The van der Waals surface area contributed by atoms with Gasteiger partial charge in [0.25, 0.3) is 0 Å². The van der Waals surface area contributed by atoms with Gasteiger partial charge >= 0.3 is 0 Å². The maximum absolute atomic E-state index is 11.9. The Morgan fingerprint density at radius 3 is 2.89 bits per heavy atom. The molecule has 0 radical (unpaired) electrons. The van der Waals surface area contributed by atoms with Crippen molar-refractivity contribution in [2.75, 3.05) is 13.2 Å². The van der Waals surface area contributed by atoms with Gasteiger partial charge in [0, 0.05) is 19.6 Å². The highest BCUT2D eigenvalue weighted by Crippen LogP contribution is 2.24. The molecule has 19 heavy (non-hydrogen) atoms. The first-order chi connectivity index (χ1) is 9.01. The summed E-state index contributed by atoms with van der Waals surface area (Å²) in [7, 11) is 0. The molecular weight excluding hydrogens is 242 g/mol. The lowest BCUT2D eigenvalue weighted by molar-refractivity contribution is -0.122. The normalized spacial score (nSPS) is 26.4. The molecule has 1 heterocycles. The van der Waals surface area contributed by atoms with Gasteiger partial charge in [0.1, 0.15) is 5.60 Å². The number of benzene rings is 1. The fourth-order valence-electron chi connectivity index (χ4n) is 2.30. The van der Waals surface area contributed by atoms with Crippen LogP contribution in [0, 0.1) is 6.92 Å². The zero-order chi connectivity index (χ0) is 13.9. The summed E-state index contributed by atoms with van der Waals surface area (Å²) in [6, 6.07) is 7.82. The van der Waals surface area contributed by atoms with Crippen LogP contribution in [0.5, 0.6) is 0 Å². The number of carbonyl (C=O) groups is 1. The van der Waals surface area contributed by atoms with Crippen LogP contribution in [0.3, 0.4) is 0 Å². The van der Waals surface area contributed by atoms with Crippen LogP contribution in [-0.4, -0.2) is 35.9 Å². The summed E-state index contributed by atoms with van der Waals surface area (Å²) in [5, 5.41) is 13.1. The van der Waals surface area contributed by atoms with Crippen molar-refractivity contribution in [3.05, 3.63) is 35.4 Å². The summed E-state index contributed by atoms with van der Waals surface area (Å²) >= 11 is 0. The summed E-state index contributed by atoms with van der Waals surface area (Å²) in [5.74, 6) is -0.0678. The van der Waals surface area contributed by atoms with Gasteiger partial charge in [-0.25, -0.2) is 0 Å². The predicted octanol–water partition coefficient (Wildman–Crippen LogP) is 1.19. The second kappa shape index (κ2) is 5.72. The Balaban J connectivity index is 1.87. The van der Waals surface area contributed by atoms with Crippen molar-refractivity contribution in [1.82, 2.24) is 5.32 Å². The van der Waals surface area contributed by atoms with Crippen LogP contribution in [0.25, 0.3) is 0 Å². The lowest BCUT2D eigenvalue weighted by Gasteiger charge is -2.26. The zero-order valence-electron chi connectivity index (χ0n) is 11.5. The van der Waals surface area contributed by atoms with Gasteiger partial charge in [-0.2, -0.15) is 0 Å². The summed E-state index contributed by atoms with van der Waals surface area (Å²) in [6.07, 6.45) is 0.683. The molecule has 2 atom stereocenters. The average Bonchev–Trinajstić information content (AvgIpc) is 2.71. The lowest BCUT2D eigenvalue weighted by atomic mass is 9.96. The summed E-state index contributed by atoms with van der Waals surface area (Å²) in [6.45, 7) is 4.62. The highest BCUT2D eigenvalue weighted by atomic mass is 16.5. The van der Waals surface area contributed by atoms with Crippen LogP contribution < -0.4 is 5.32 Å². The Morgan fingerprint density at radius 1 is 1.53 bits per heavy atom. The largest absolute Gasteiger partial charge is 0.385 e. The highest BCUT2D eigenvalue weighted by Gasteiger charge is 2.39. The number of hydrogen-bond acceptors (Lipinski definition) is 3. The van der Waals surface area contributed by atoms with Crippen molar-refractivity contribution in [3.8, 4) is 0 Å². The van der Waals surface area contributed by atoms with Crippen LogP contribution in [0.2, 0.25) is 0 Å². The Kier molecular flexibility index (Phi) is 4.22. The lowest BCUT2D eigenvalue weighted by Crippen LogP contribution is -2.47. The third-order valence-electron chi connectivity index (χ3n) is 3.86. The van der Waals surface area contributed by atoms with Crippen molar-refractivity contribution in [3.63, 3.8) is 0 Å². The van der Waals surface area contributed by atoms with Gasteiger partial charge in [0.05, 0.1) is 12.5 Å². The Morgan fingerprint density at radius 2 is 2.26 bits per heavy atom. The minimum absolute atomic E-state index is 0.0678. The van der Waals surface area contributed by atoms with Crippen molar-refractivity contribution >= 4 is 5.91 Å². The van der Waals surface area contributed by atoms with Gasteiger partial charge in [-0.15, -0.1) is 0 Å². The van der Waals surface area contributed by atoms with Gasteiger partial charge in [0.15, 0.2) is 0 Å². The fraction of sp³-hybridized carbons (Fsp3) is 0.533. The number of rotatable bonds is 4. The molecule has 2 N–H and O–H groups in total. The summed E-state index contributed by atoms with van der Waals surface area (Å²) in [4.78, 5) is 11.9. The van der Waals surface area contributed by atoms with E-state index in [-0.39, 0.29) is 18.6 Å². The predicted molar refractivity (Wildman–Crippen MR) is 72.9 cm³/mol. The van der Waals surface area contributed by atoms with E-state index >= 15 is 0 Å². The van der Waals surface area contributed by atoms with Gasteiger partial charge in [0.2, 0.25) is 5.91 Å². The highest BCUT2D eigenvalue weighted by molar-refractivity contribution is 5.79. The second-order valence-electron chi connectivity index (χ2n) is 5.25. The molecule has 4 nitrogen and oxygen atoms in total. The van der Waals surface area contributed by atoms with Gasteiger partial charge in [-0.05, 0) is 25.0 Å². The molecule has 1 aliphatic rings. The third-order valence-corrected chi connectivity index (χ3v) is 3.86. The molecule has 0 spiro atoms. The molecule has 1 fully saturated rings. The monoisotopic (exact) mass is 263 g/mol. The van der Waals surface area contributed by atoms with E-state index in [2.05, 4.69) is 5.32 Å². The van der Waals surface area contributed by atoms with Crippen LogP contribution in [0.4, 0.5) is 0 Å². The Labute approximate surface area is 113 Å². The quantitative estimate of drug-likeness (QED) is 0.858. The van der Waals surface area contributed by atoms with E-state index in [1.54, 1.807) is 0 Å². The number of hydrogen-bond donors (Lipinski definition) is 2. The van der Waals surface area contributed by atoms with Crippen LogP contribution in [0.15, 0.2) is 24.3 Å². The molecule has 0 aliphatic carbocycles. The first-order valence-electron chi connectivity index (χ1n) is 6.66. The average molecular weight is 263 g/mol. The van der Waals surface area contributed by atoms with Crippen LogP contribution >= 0.6 is 0 Å². The molecule has 1 saturated heterocycles. The molecule has 4 heteroatoms. The standard InChI is InChI=1S/C15H21NO3/c1-11-5-3-4-6-13(11)9-14(17)16-10-15(18)7-8-19-12(15)2/h3-6,12,18H,7-10H2,1-2H3,(H,16,17). The number of amides is 1.